The molecule has 0 aliphatic rings. The van der Waals surface area contributed by atoms with Crippen LogP contribution in [0.5, 0.6) is 11.5 Å². The van der Waals surface area contributed by atoms with Gasteiger partial charge in [0, 0.05) is 17.8 Å². The van der Waals surface area contributed by atoms with Crippen LogP contribution in [0.2, 0.25) is 5.02 Å². The Morgan fingerprint density at radius 2 is 2.10 bits per heavy atom. The van der Waals surface area contributed by atoms with Crippen molar-refractivity contribution in [3.63, 3.8) is 0 Å². The van der Waals surface area contributed by atoms with Crippen LogP contribution in [-0.4, -0.2) is 29.0 Å². The summed E-state index contributed by atoms with van der Waals surface area (Å²) in [6.45, 7) is 3.28. The molecule has 0 atom stereocenters. The van der Waals surface area contributed by atoms with Crippen LogP contribution < -0.4 is 15.0 Å². The van der Waals surface area contributed by atoms with Crippen LogP contribution in [0, 0.1) is 0 Å². The first-order valence-electron chi connectivity index (χ1n) is 9.15. The molecule has 3 aromatic rings. The molecule has 0 spiro atoms. The molecule has 0 unspecified atom stereocenters. The first-order valence-corrected chi connectivity index (χ1v) is 10.3. The van der Waals surface area contributed by atoms with E-state index in [1.165, 1.54) is 24.9 Å². The molecule has 0 fully saturated rings. The van der Waals surface area contributed by atoms with Gasteiger partial charge in [0.2, 0.25) is 0 Å². The van der Waals surface area contributed by atoms with Gasteiger partial charge >= 0.3 is 5.97 Å². The third-order valence-corrected chi connectivity index (χ3v) is 4.94. The Bertz CT molecular complexity index is 1210. The first kappa shape index (κ1) is 22.0. The Morgan fingerprint density at radius 3 is 2.77 bits per heavy atom. The summed E-state index contributed by atoms with van der Waals surface area (Å²) in [6.07, 6.45) is 2.88. The second-order valence-corrected chi connectivity index (χ2v) is 7.75. The lowest BCUT2D eigenvalue weighted by Crippen LogP contribution is -2.22. The first-order chi connectivity index (χ1) is 14.3. The number of carbonyl (C=O) groups excluding carboxylic acids is 1. The summed E-state index contributed by atoms with van der Waals surface area (Å²) in [6, 6.07) is 8.55. The summed E-state index contributed by atoms with van der Waals surface area (Å²) in [7, 11) is 1.44. The number of halogens is 2. The van der Waals surface area contributed by atoms with Gasteiger partial charge in [0.25, 0.3) is 5.56 Å². The van der Waals surface area contributed by atoms with Gasteiger partial charge in [-0.05, 0) is 42.3 Å². The molecule has 7 nitrogen and oxygen atoms in total. The topological polar surface area (TPSA) is 82.8 Å². The molecule has 1 aromatic heterocycles. The smallest absolute Gasteiger partial charge is 0.308 e. The van der Waals surface area contributed by atoms with E-state index in [1.807, 2.05) is 13.0 Å². The second-order valence-electron chi connectivity index (χ2n) is 6.43. The lowest BCUT2D eigenvalue weighted by atomic mass is 10.2. The Morgan fingerprint density at radius 1 is 1.33 bits per heavy atom. The summed E-state index contributed by atoms with van der Waals surface area (Å²) in [4.78, 5) is 28.9. The summed E-state index contributed by atoms with van der Waals surface area (Å²) < 4.78 is 12.4. The van der Waals surface area contributed by atoms with Gasteiger partial charge in [-0.2, -0.15) is 9.78 Å². The molecule has 0 bridgehead atoms. The highest BCUT2D eigenvalue weighted by molar-refractivity contribution is 9.10. The van der Waals surface area contributed by atoms with E-state index in [0.717, 1.165) is 10.9 Å². The van der Waals surface area contributed by atoms with E-state index in [9.17, 15) is 9.59 Å². The van der Waals surface area contributed by atoms with E-state index in [4.69, 9.17) is 21.1 Å². The summed E-state index contributed by atoms with van der Waals surface area (Å²) in [5.74, 6) is 0.453. The minimum atomic E-state index is -0.513. The molecule has 0 aliphatic carbocycles. The molecular weight excluding hydrogens is 474 g/mol. The number of benzene rings is 2. The Kier molecular flexibility index (Phi) is 6.89. The van der Waals surface area contributed by atoms with Crippen molar-refractivity contribution in [1.29, 1.82) is 0 Å². The molecule has 0 saturated heterocycles. The van der Waals surface area contributed by atoms with Gasteiger partial charge in [0.1, 0.15) is 5.82 Å². The zero-order valence-corrected chi connectivity index (χ0v) is 19.0. The number of aromatic nitrogens is 2. The second kappa shape index (κ2) is 9.40. The number of esters is 1. The zero-order chi connectivity index (χ0) is 21.8. The number of hydrogen-bond donors (Lipinski definition) is 0. The van der Waals surface area contributed by atoms with Crippen LogP contribution in [0.15, 0.2) is 44.7 Å². The number of hydrogen-bond acceptors (Lipinski definition) is 6. The molecule has 0 aliphatic heterocycles. The number of nitrogens with zero attached hydrogens (tertiary/aromatic N) is 3. The average molecular weight is 493 g/mol. The van der Waals surface area contributed by atoms with Crippen LogP contribution in [-0.2, 0) is 11.2 Å². The molecule has 0 radical (unpaired) electrons. The number of carbonyl (C=O) groups is 1. The SMILES string of the molecule is CCCc1nc2ccc(Br)cc2c(=O)n1N=Cc1cc(Cl)c(OC(C)=O)c(OC)c1. The minimum absolute atomic E-state index is 0.130. The van der Waals surface area contributed by atoms with Crippen LogP contribution in [0.3, 0.4) is 0 Å². The molecule has 30 heavy (non-hydrogen) atoms. The number of fused-ring (bicyclic) bond motifs is 1. The highest BCUT2D eigenvalue weighted by Gasteiger charge is 2.14. The zero-order valence-electron chi connectivity index (χ0n) is 16.6. The summed E-state index contributed by atoms with van der Waals surface area (Å²) in [5, 5.41) is 5.01. The van der Waals surface area contributed by atoms with Crippen molar-refractivity contribution < 1.29 is 14.3 Å². The van der Waals surface area contributed by atoms with Crippen molar-refractivity contribution in [2.75, 3.05) is 7.11 Å². The normalized spacial score (nSPS) is 11.2. The third kappa shape index (κ3) is 4.71. The summed E-state index contributed by atoms with van der Waals surface area (Å²) >= 11 is 9.63. The van der Waals surface area contributed by atoms with Crippen molar-refractivity contribution >= 4 is 50.6 Å². The van der Waals surface area contributed by atoms with E-state index in [1.54, 1.807) is 24.3 Å². The van der Waals surface area contributed by atoms with E-state index < -0.39 is 5.97 Å². The van der Waals surface area contributed by atoms with Gasteiger partial charge in [0.15, 0.2) is 11.5 Å². The van der Waals surface area contributed by atoms with Gasteiger partial charge in [-0.15, -0.1) is 0 Å². The molecule has 0 N–H and O–H groups in total. The minimum Gasteiger partial charge on any atom is -0.493 e. The van der Waals surface area contributed by atoms with Gasteiger partial charge in [-0.1, -0.05) is 34.5 Å². The standard InChI is InChI=1S/C21H19BrClN3O4/c1-4-5-19-25-17-7-6-14(22)10-15(17)21(28)26(19)24-11-13-8-16(23)20(30-12(2)27)18(9-13)29-3/h6-11H,4-5H2,1-3H3. The number of rotatable bonds is 6. The van der Waals surface area contributed by atoms with Crippen LogP contribution in [0.4, 0.5) is 0 Å². The average Bonchev–Trinajstić information content (AvgIpc) is 2.70. The predicted octanol–water partition coefficient (Wildman–Crippen LogP) is 4.58. The van der Waals surface area contributed by atoms with E-state index in [-0.39, 0.29) is 22.1 Å². The van der Waals surface area contributed by atoms with Gasteiger partial charge in [0.05, 0.1) is 29.2 Å². The Labute approximate surface area is 186 Å². The number of aryl methyl sites for hydroxylation is 1. The third-order valence-electron chi connectivity index (χ3n) is 4.17. The molecule has 0 amide bonds. The lowest BCUT2D eigenvalue weighted by molar-refractivity contribution is -0.132. The van der Waals surface area contributed by atoms with Gasteiger partial charge < -0.3 is 9.47 Å². The quantitative estimate of drug-likeness (QED) is 0.286. The monoisotopic (exact) mass is 491 g/mol. The molecule has 0 saturated carbocycles. The number of ether oxygens (including phenoxy) is 2. The summed E-state index contributed by atoms with van der Waals surface area (Å²) in [5.41, 5.74) is 0.917. The highest BCUT2D eigenvalue weighted by atomic mass is 79.9. The van der Waals surface area contributed by atoms with E-state index in [0.29, 0.717) is 28.7 Å². The maximum atomic E-state index is 13.0. The fraction of sp³-hybridized carbons (Fsp3) is 0.238. The van der Waals surface area contributed by atoms with Crippen molar-refractivity contribution in [2.45, 2.75) is 26.7 Å². The van der Waals surface area contributed by atoms with Crippen molar-refractivity contribution in [1.82, 2.24) is 9.66 Å². The maximum absolute atomic E-state index is 13.0. The van der Waals surface area contributed by atoms with Crippen LogP contribution in [0.25, 0.3) is 10.9 Å². The van der Waals surface area contributed by atoms with E-state index >= 15 is 0 Å². The van der Waals surface area contributed by atoms with Crippen molar-refractivity contribution in [2.24, 2.45) is 5.10 Å². The molecule has 156 valence electrons. The molecule has 9 heteroatoms. The maximum Gasteiger partial charge on any atom is 0.308 e. The Hall–Kier alpha value is -2.71. The molecular formula is C21H19BrClN3O4. The van der Waals surface area contributed by atoms with Crippen molar-refractivity contribution in [3.05, 3.63) is 61.6 Å². The van der Waals surface area contributed by atoms with E-state index in [2.05, 4.69) is 26.0 Å². The lowest BCUT2D eigenvalue weighted by Gasteiger charge is -2.11. The number of methoxy groups -OCH3 is 1. The van der Waals surface area contributed by atoms with Gasteiger partial charge in [-0.3, -0.25) is 9.59 Å². The fourth-order valence-electron chi connectivity index (χ4n) is 2.88. The predicted molar refractivity (Wildman–Crippen MR) is 120 cm³/mol. The van der Waals surface area contributed by atoms with Crippen molar-refractivity contribution in [3.8, 4) is 11.5 Å². The fourth-order valence-corrected chi connectivity index (χ4v) is 3.50. The largest absolute Gasteiger partial charge is 0.493 e. The highest BCUT2D eigenvalue weighted by Crippen LogP contribution is 2.36. The molecule has 2 aromatic carbocycles. The van der Waals surface area contributed by atoms with Crippen LogP contribution in [0.1, 0.15) is 31.7 Å². The Balaban J connectivity index is 2.10. The van der Waals surface area contributed by atoms with Gasteiger partial charge in [-0.25, -0.2) is 4.98 Å². The molecule has 3 rings (SSSR count). The molecule has 1 heterocycles. The van der Waals surface area contributed by atoms with Crippen LogP contribution >= 0.6 is 27.5 Å².